The smallest absolute Gasteiger partial charge is 0.123 e. The molecule has 0 aliphatic carbocycles. The van der Waals surface area contributed by atoms with Crippen LogP contribution in [0.1, 0.15) is 25.5 Å². The normalized spacial score (nSPS) is 19.4. The van der Waals surface area contributed by atoms with Gasteiger partial charge in [-0.3, -0.25) is 4.90 Å². The van der Waals surface area contributed by atoms with Crippen LogP contribution in [0, 0.1) is 11.7 Å². The van der Waals surface area contributed by atoms with Crippen molar-refractivity contribution in [2.24, 2.45) is 11.7 Å². The van der Waals surface area contributed by atoms with E-state index in [0.717, 1.165) is 38.3 Å². The van der Waals surface area contributed by atoms with Crippen LogP contribution in [0.2, 0.25) is 0 Å². The molecule has 2 N–H and O–H groups in total. The number of piperazine rings is 1. The summed E-state index contributed by atoms with van der Waals surface area (Å²) >= 11 is 0. The Morgan fingerprint density at radius 3 is 2.45 bits per heavy atom. The van der Waals surface area contributed by atoms with Crippen LogP contribution in [-0.4, -0.2) is 49.1 Å². The maximum Gasteiger partial charge on any atom is 0.123 e. The van der Waals surface area contributed by atoms with E-state index in [2.05, 4.69) is 23.6 Å². The molecule has 0 saturated carbocycles. The fraction of sp³-hybridized carbons (Fsp3) is 0.625. The molecule has 0 radical (unpaired) electrons. The quantitative estimate of drug-likeness (QED) is 0.896. The zero-order valence-corrected chi connectivity index (χ0v) is 12.6. The van der Waals surface area contributed by atoms with Gasteiger partial charge in [0, 0.05) is 45.3 Å². The first-order chi connectivity index (χ1) is 9.60. The van der Waals surface area contributed by atoms with Crippen molar-refractivity contribution >= 4 is 0 Å². The van der Waals surface area contributed by atoms with Gasteiger partial charge in [0.25, 0.3) is 0 Å². The van der Waals surface area contributed by atoms with Crippen LogP contribution in [0.4, 0.5) is 4.39 Å². The van der Waals surface area contributed by atoms with E-state index in [1.807, 2.05) is 6.07 Å². The Labute approximate surface area is 121 Å². The molecule has 1 aromatic rings. The Kier molecular flexibility index (Phi) is 5.52. The van der Waals surface area contributed by atoms with Crippen molar-refractivity contribution in [1.29, 1.82) is 0 Å². The number of nitrogens with zero attached hydrogens (tertiary/aromatic N) is 2. The van der Waals surface area contributed by atoms with Gasteiger partial charge < -0.3 is 10.6 Å². The van der Waals surface area contributed by atoms with E-state index < -0.39 is 0 Å². The molecule has 0 amide bonds. The van der Waals surface area contributed by atoms with Crippen LogP contribution in [0.5, 0.6) is 0 Å². The maximum absolute atomic E-state index is 13.4. The topological polar surface area (TPSA) is 32.5 Å². The van der Waals surface area contributed by atoms with Gasteiger partial charge in [-0.15, -0.1) is 0 Å². The molecule has 0 bridgehead atoms. The molecule has 112 valence electrons. The third-order valence-electron chi connectivity index (χ3n) is 3.93. The average Bonchev–Trinajstić information content (AvgIpc) is 2.41. The first-order valence-electron chi connectivity index (χ1n) is 7.52. The lowest BCUT2D eigenvalue weighted by atomic mass is 10.0. The number of hydrogen-bond donors (Lipinski definition) is 1. The van der Waals surface area contributed by atoms with Crippen molar-refractivity contribution in [3.63, 3.8) is 0 Å². The van der Waals surface area contributed by atoms with E-state index in [1.54, 1.807) is 12.1 Å². The second-order valence-corrected chi connectivity index (χ2v) is 6.04. The Hall–Kier alpha value is -0.970. The summed E-state index contributed by atoms with van der Waals surface area (Å²) in [6.07, 6.45) is 0. The second kappa shape index (κ2) is 7.16. The standard InChI is InChI=1S/C16H26FN3/c1-13(2)12-19-6-8-20(9-7-19)16(11-18)14-4-3-5-15(17)10-14/h3-5,10,13,16H,6-9,11-12,18H2,1-2H3. The Morgan fingerprint density at radius 2 is 1.90 bits per heavy atom. The van der Waals surface area contributed by atoms with Gasteiger partial charge in [-0.05, 0) is 23.6 Å². The summed E-state index contributed by atoms with van der Waals surface area (Å²) in [4.78, 5) is 4.88. The molecule has 0 aromatic heterocycles. The molecule has 0 spiro atoms. The number of nitrogens with two attached hydrogens (primary N) is 1. The van der Waals surface area contributed by atoms with Crippen molar-refractivity contribution in [1.82, 2.24) is 9.80 Å². The first kappa shape index (κ1) is 15.4. The number of halogens is 1. The third-order valence-corrected chi connectivity index (χ3v) is 3.93. The van der Waals surface area contributed by atoms with E-state index in [4.69, 9.17) is 5.73 Å². The van der Waals surface area contributed by atoms with Gasteiger partial charge >= 0.3 is 0 Å². The molecule has 1 unspecified atom stereocenters. The van der Waals surface area contributed by atoms with E-state index in [0.29, 0.717) is 12.5 Å². The monoisotopic (exact) mass is 279 g/mol. The summed E-state index contributed by atoms with van der Waals surface area (Å²) in [7, 11) is 0. The van der Waals surface area contributed by atoms with E-state index >= 15 is 0 Å². The van der Waals surface area contributed by atoms with Gasteiger partial charge in [-0.2, -0.15) is 0 Å². The van der Waals surface area contributed by atoms with Crippen LogP contribution >= 0.6 is 0 Å². The van der Waals surface area contributed by atoms with Crippen LogP contribution in [0.25, 0.3) is 0 Å². The Morgan fingerprint density at radius 1 is 1.20 bits per heavy atom. The largest absolute Gasteiger partial charge is 0.329 e. The number of benzene rings is 1. The van der Waals surface area contributed by atoms with Gasteiger partial charge in [0.05, 0.1) is 0 Å². The van der Waals surface area contributed by atoms with Crippen LogP contribution in [0.15, 0.2) is 24.3 Å². The minimum Gasteiger partial charge on any atom is -0.329 e. The second-order valence-electron chi connectivity index (χ2n) is 6.04. The van der Waals surface area contributed by atoms with Crippen molar-refractivity contribution < 1.29 is 4.39 Å². The molecule has 20 heavy (non-hydrogen) atoms. The molecule has 2 rings (SSSR count). The number of rotatable bonds is 5. The fourth-order valence-electron chi connectivity index (χ4n) is 2.98. The van der Waals surface area contributed by atoms with Crippen molar-refractivity contribution in [2.45, 2.75) is 19.9 Å². The zero-order valence-electron chi connectivity index (χ0n) is 12.6. The lowest BCUT2D eigenvalue weighted by molar-refractivity contribution is 0.0911. The summed E-state index contributed by atoms with van der Waals surface area (Å²) < 4.78 is 13.4. The molecule has 1 aliphatic rings. The summed E-state index contributed by atoms with van der Waals surface area (Å²) in [6, 6.07) is 6.96. The van der Waals surface area contributed by atoms with Gasteiger partial charge in [0.15, 0.2) is 0 Å². The van der Waals surface area contributed by atoms with Gasteiger partial charge in [0.2, 0.25) is 0 Å². The Bertz CT molecular complexity index is 414. The highest BCUT2D eigenvalue weighted by atomic mass is 19.1. The summed E-state index contributed by atoms with van der Waals surface area (Å²) in [5.74, 6) is 0.523. The molecule has 4 heteroatoms. The maximum atomic E-state index is 13.4. The van der Waals surface area contributed by atoms with Crippen LogP contribution in [-0.2, 0) is 0 Å². The predicted octanol–water partition coefficient (Wildman–Crippen LogP) is 2.10. The summed E-state index contributed by atoms with van der Waals surface area (Å²) in [6.45, 7) is 10.3. The lowest BCUT2D eigenvalue weighted by Crippen LogP contribution is -2.49. The SMILES string of the molecule is CC(C)CN1CCN(C(CN)c2cccc(F)c2)CC1. The molecule has 1 fully saturated rings. The van der Waals surface area contributed by atoms with E-state index in [9.17, 15) is 4.39 Å². The summed E-state index contributed by atoms with van der Waals surface area (Å²) in [5.41, 5.74) is 6.91. The molecule has 1 heterocycles. The molecule has 1 aliphatic heterocycles. The third kappa shape index (κ3) is 4.01. The minimum absolute atomic E-state index is 0.131. The van der Waals surface area contributed by atoms with Crippen molar-refractivity contribution in [2.75, 3.05) is 39.3 Å². The molecule has 1 atom stereocenters. The molecule has 1 saturated heterocycles. The average molecular weight is 279 g/mol. The van der Waals surface area contributed by atoms with Gasteiger partial charge in [0.1, 0.15) is 5.82 Å². The highest BCUT2D eigenvalue weighted by Gasteiger charge is 2.24. The molecular formula is C16H26FN3. The van der Waals surface area contributed by atoms with Crippen molar-refractivity contribution in [3.8, 4) is 0 Å². The zero-order chi connectivity index (χ0) is 14.5. The van der Waals surface area contributed by atoms with E-state index in [1.165, 1.54) is 6.07 Å². The minimum atomic E-state index is -0.181. The highest BCUT2D eigenvalue weighted by molar-refractivity contribution is 5.20. The van der Waals surface area contributed by atoms with Crippen molar-refractivity contribution in [3.05, 3.63) is 35.6 Å². The first-order valence-corrected chi connectivity index (χ1v) is 7.52. The van der Waals surface area contributed by atoms with Gasteiger partial charge in [-0.25, -0.2) is 4.39 Å². The Balaban J connectivity index is 1.97. The molecule has 1 aromatic carbocycles. The van der Waals surface area contributed by atoms with E-state index in [-0.39, 0.29) is 11.9 Å². The fourth-order valence-corrected chi connectivity index (χ4v) is 2.98. The molecular weight excluding hydrogens is 253 g/mol. The summed E-state index contributed by atoms with van der Waals surface area (Å²) in [5, 5.41) is 0. The van der Waals surface area contributed by atoms with Crippen LogP contribution in [0.3, 0.4) is 0 Å². The van der Waals surface area contributed by atoms with Crippen LogP contribution < -0.4 is 5.73 Å². The highest BCUT2D eigenvalue weighted by Crippen LogP contribution is 2.22. The lowest BCUT2D eigenvalue weighted by Gasteiger charge is -2.39. The predicted molar refractivity (Wildman–Crippen MR) is 81.0 cm³/mol. The van der Waals surface area contributed by atoms with Gasteiger partial charge in [-0.1, -0.05) is 26.0 Å². The molecule has 3 nitrogen and oxygen atoms in total. The number of hydrogen-bond acceptors (Lipinski definition) is 3.